The van der Waals surface area contributed by atoms with E-state index in [1.54, 1.807) is 6.07 Å². The molecule has 2 amide bonds. The molecule has 2 rings (SSSR count). The summed E-state index contributed by atoms with van der Waals surface area (Å²) in [6.45, 7) is 6.88. The maximum absolute atomic E-state index is 13.3. The van der Waals surface area contributed by atoms with Crippen molar-refractivity contribution < 1.29 is 23.5 Å². The number of nitrogens with one attached hydrogen (secondary N) is 1. The molecule has 0 radical (unpaired) electrons. The van der Waals surface area contributed by atoms with Crippen molar-refractivity contribution in [2.24, 2.45) is 0 Å². The van der Waals surface area contributed by atoms with E-state index in [1.807, 2.05) is 39.8 Å². The van der Waals surface area contributed by atoms with Crippen LogP contribution in [0.4, 0.5) is 10.1 Å². The van der Waals surface area contributed by atoms with Crippen molar-refractivity contribution in [2.45, 2.75) is 40.2 Å². The van der Waals surface area contributed by atoms with E-state index in [0.29, 0.717) is 12.1 Å². The summed E-state index contributed by atoms with van der Waals surface area (Å²) in [5.41, 5.74) is 2.71. The van der Waals surface area contributed by atoms with E-state index in [0.717, 1.165) is 17.2 Å². The van der Waals surface area contributed by atoms with Gasteiger partial charge >= 0.3 is 5.97 Å². The van der Waals surface area contributed by atoms with E-state index >= 15 is 0 Å². The van der Waals surface area contributed by atoms with Gasteiger partial charge in [-0.1, -0.05) is 25.1 Å². The minimum Gasteiger partial charge on any atom is -0.452 e. The van der Waals surface area contributed by atoms with E-state index in [-0.39, 0.29) is 24.1 Å². The summed E-state index contributed by atoms with van der Waals surface area (Å²) in [5, 5.41) is 2.83. The first kappa shape index (κ1) is 23.1. The van der Waals surface area contributed by atoms with Crippen LogP contribution in [0.1, 0.15) is 41.8 Å². The standard InChI is InChI=1S/C23H27FN2O4/c1-5-16(3)26(13-21(27)25-20-11-6-8-15(2)17(20)4)22(28)14-30-23(29)18-9-7-10-19(24)12-18/h6-12,16H,5,13-14H2,1-4H3,(H,25,27)/t16-/m0/s1. The highest BCUT2D eigenvalue weighted by Crippen LogP contribution is 2.18. The first-order chi connectivity index (χ1) is 14.2. The van der Waals surface area contributed by atoms with Gasteiger partial charge in [-0.15, -0.1) is 0 Å². The van der Waals surface area contributed by atoms with Crippen LogP contribution >= 0.6 is 0 Å². The number of esters is 1. The quantitative estimate of drug-likeness (QED) is 0.666. The zero-order valence-corrected chi connectivity index (χ0v) is 17.7. The normalized spacial score (nSPS) is 11.5. The molecule has 2 aromatic carbocycles. The predicted octanol–water partition coefficient (Wildman–Crippen LogP) is 3.87. The van der Waals surface area contributed by atoms with Crippen LogP contribution in [0, 0.1) is 19.7 Å². The summed E-state index contributed by atoms with van der Waals surface area (Å²) >= 11 is 0. The Bertz CT molecular complexity index is 929. The molecule has 0 aliphatic rings. The Labute approximate surface area is 176 Å². The van der Waals surface area contributed by atoms with Gasteiger partial charge in [0.1, 0.15) is 12.4 Å². The molecule has 0 spiro atoms. The monoisotopic (exact) mass is 414 g/mol. The van der Waals surface area contributed by atoms with Gasteiger partial charge in [0.25, 0.3) is 5.91 Å². The van der Waals surface area contributed by atoms with Crippen LogP contribution in [0.2, 0.25) is 0 Å². The van der Waals surface area contributed by atoms with Crippen molar-refractivity contribution in [3.8, 4) is 0 Å². The fourth-order valence-electron chi connectivity index (χ4n) is 2.85. The highest BCUT2D eigenvalue weighted by atomic mass is 19.1. The summed E-state index contributed by atoms with van der Waals surface area (Å²) < 4.78 is 18.3. The first-order valence-corrected chi connectivity index (χ1v) is 9.81. The maximum Gasteiger partial charge on any atom is 0.338 e. The second-order valence-electron chi connectivity index (χ2n) is 7.16. The smallest absolute Gasteiger partial charge is 0.338 e. The van der Waals surface area contributed by atoms with Gasteiger partial charge in [0.05, 0.1) is 5.56 Å². The van der Waals surface area contributed by atoms with Crippen molar-refractivity contribution in [1.29, 1.82) is 0 Å². The van der Waals surface area contributed by atoms with E-state index in [1.165, 1.54) is 23.1 Å². The number of rotatable bonds is 8. The Morgan fingerprint density at radius 3 is 2.50 bits per heavy atom. The second kappa shape index (κ2) is 10.5. The Balaban J connectivity index is 2.01. The number of benzene rings is 2. The van der Waals surface area contributed by atoms with Gasteiger partial charge in [0.15, 0.2) is 6.61 Å². The molecule has 0 unspecified atom stereocenters. The van der Waals surface area contributed by atoms with Crippen LogP contribution in [0.5, 0.6) is 0 Å². The third kappa shape index (κ3) is 6.14. The summed E-state index contributed by atoms with van der Waals surface area (Å²) in [6, 6.07) is 10.4. The molecule has 1 N–H and O–H groups in total. The molecule has 0 heterocycles. The number of halogens is 1. The lowest BCUT2D eigenvalue weighted by Gasteiger charge is -2.28. The SMILES string of the molecule is CC[C@H](C)N(CC(=O)Nc1cccc(C)c1C)C(=O)COC(=O)c1cccc(F)c1. The third-order valence-electron chi connectivity index (χ3n) is 5.02. The van der Waals surface area contributed by atoms with Gasteiger partial charge in [-0.25, -0.2) is 9.18 Å². The Morgan fingerprint density at radius 2 is 1.83 bits per heavy atom. The van der Waals surface area contributed by atoms with Gasteiger partial charge in [-0.2, -0.15) is 0 Å². The Morgan fingerprint density at radius 1 is 1.13 bits per heavy atom. The lowest BCUT2D eigenvalue weighted by Crippen LogP contribution is -2.45. The number of hydrogen-bond acceptors (Lipinski definition) is 4. The molecule has 0 aliphatic heterocycles. The largest absolute Gasteiger partial charge is 0.452 e. The summed E-state index contributed by atoms with van der Waals surface area (Å²) in [6.07, 6.45) is 0.625. The first-order valence-electron chi connectivity index (χ1n) is 9.81. The van der Waals surface area contributed by atoms with E-state index in [2.05, 4.69) is 5.32 Å². The molecular formula is C23H27FN2O4. The van der Waals surface area contributed by atoms with Crippen molar-refractivity contribution in [2.75, 3.05) is 18.5 Å². The average molecular weight is 414 g/mol. The molecule has 0 saturated heterocycles. The molecule has 6 nitrogen and oxygen atoms in total. The topological polar surface area (TPSA) is 75.7 Å². The number of hydrogen-bond donors (Lipinski definition) is 1. The van der Waals surface area contributed by atoms with Crippen LogP contribution in [0.25, 0.3) is 0 Å². The van der Waals surface area contributed by atoms with Gasteiger partial charge in [-0.05, 0) is 62.6 Å². The van der Waals surface area contributed by atoms with Crippen molar-refractivity contribution >= 4 is 23.5 Å². The highest BCUT2D eigenvalue weighted by Gasteiger charge is 2.23. The van der Waals surface area contributed by atoms with Crippen LogP contribution in [-0.2, 0) is 14.3 Å². The molecule has 160 valence electrons. The molecule has 0 fully saturated rings. The lowest BCUT2D eigenvalue weighted by atomic mass is 10.1. The van der Waals surface area contributed by atoms with Crippen molar-refractivity contribution in [1.82, 2.24) is 4.90 Å². The Hall–Kier alpha value is -3.22. The third-order valence-corrected chi connectivity index (χ3v) is 5.02. The van der Waals surface area contributed by atoms with Gasteiger partial charge < -0.3 is 15.0 Å². The zero-order chi connectivity index (χ0) is 22.3. The molecule has 7 heteroatoms. The predicted molar refractivity (Wildman–Crippen MR) is 113 cm³/mol. The molecular weight excluding hydrogens is 387 g/mol. The number of nitrogens with zero attached hydrogens (tertiary/aromatic N) is 1. The number of carbonyl (C=O) groups is 3. The summed E-state index contributed by atoms with van der Waals surface area (Å²) in [7, 11) is 0. The molecule has 0 aliphatic carbocycles. The molecule has 30 heavy (non-hydrogen) atoms. The molecule has 0 saturated carbocycles. The van der Waals surface area contributed by atoms with Crippen molar-refractivity contribution in [3.05, 3.63) is 65.0 Å². The number of carbonyl (C=O) groups excluding carboxylic acids is 3. The minimum atomic E-state index is -0.799. The van der Waals surface area contributed by atoms with Gasteiger partial charge in [-0.3, -0.25) is 9.59 Å². The van der Waals surface area contributed by atoms with Crippen LogP contribution < -0.4 is 5.32 Å². The summed E-state index contributed by atoms with van der Waals surface area (Å²) in [4.78, 5) is 38.6. The maximum atomic E-state index is 13.3. The second-order valence-corrected chi connectivity index (χ2v) is 7.16. The molecule has 0 bridgehead atoms. The number of anilines is 1. The fraction of sp³-hybridized carbons (Fsp3) is 0.348. The molecule has 2 aromatic rings. The lowest BCUT2D eigenvalue weighted by molar-refractivity contribution is -0.139. The zero-order valence-electron chi connectivity index (χ0n) is 17.7. The fourth-order valence-corrected chi connectivity index (χ4v) is 2.85. The number of amides is 2. The number of ether oxygens (including phenoxy) is 1. The van der Waals surface area contributed by atoms with Crippen molar-refractivity contribution in [3.63, 3.8) is 0 Å². The van der Waals surface area contributed by atoms with E-state index in [4.69, 9.17) is 4.74 Å². The number of aryl methyl sites for hydroxylation is 1. The summed E-state index contributed by atoms with van der Waals surface area (Å²) in [5.74, 6) is -2.20. The minimum absolute atomic E-state index is 0.0190. The van der Waals surface area contributed by atoms with Gasteiger partial charge in [0, 0.05) is 11.7 Å². The highest BCUT2D eigenvalue weighted by molar-refractivity contribution is 5.96. The Kier molecular flexibility index (Phi) is 8.09. The molecule has 1 atom stereocenters. The van der Waals surface area contributed by atoms with E-state index in [9.17, 15) is 18.8 Å². The van der Waals surface area contributed by atoms with Crippen LogP contribution in [0.3, 0.4) is 0 Å². The van der Waals surface area contributed by atoms with Crippen LogP contribution in [0.15, 0.2) is 42.5 Å². The van der Waals surface area contributed by atoms with Gasteiger partial charge in [0.2, 0.25) is 5.91 Å². The molecule has 0 aromatic heterocycles. The average Bonchev–Trinajstić information content (AvgIpc) is 2.72. The van der Waals surface area contributed by atoms with E-state index < -0.39 is 24.3 Å². The van der Waals surface area contributed by atoms with Crippen LogP contribution in [-0.4, -0.2) is 41.9 Å².